The highest BCUT2D eigenvalue weighted by atomic mass is 79.9. The number of aryl methyl sites for hydroxylation is 1. The number of halogens is 1. The highest BCUT2D eigenvalue weighted by Gasteiger charge is 2.24. The van der Waals surface area contributed by atoms with E-state index in [1.165, 1.54) is 11.6 Å². The van der Waals surface area contributed by atoms with E-state index < -0.39 is 16.7 Å². The van der Waals surface area contributed by atoms with E-state index in [1.807, 2.05) is 39.0 Å². The van der Waals surface area contributed by atoms with Crippen LogP contribution in [0.3, 0.4) is 0 Å². The predicted octanol–water partition coefficient (Wildman–Crippen LogP) is 2.82. The first kappa shape index (κ1) is 22.2. The van der Waals surface area contributed by atoms with E-state index >= 15 is 0 Å². The largest absolute Gasteiger partial charge is 0.332 e. The molecular weight excluding hydrogens is 470 g/mol. The van der Waals surface area contributed by atoms with E-state index in [1.54, 1.807) is 13.1 Å². The number of nitrogens with one attached hydrogen (secondary N) is 1. The number of carbonyl (C=O) groups is 1. The molecule has 0 atom stereocenters. The maximum Gasteiger partial charge on any atom is 0.332 e. The number of thioether (sulfide) groups is 1. The number of hydrogen-bond donors (Lipinski definition) is 1. The molecule has 2 aromatic heterocycles. The Hall–Kier alpha value is -2.46. The number of rotatable bonds is 4. The first-order chi connectivity index (χ1) is 14.0. The van der Waals surface area contributed by atoms with Crippen molar-refractivity contribution in [2.75, 3.05) is 11.1 Å². The Bertz CT molecular complexity index is 1260. The summed E-state index contributed by atoms with van der Waals surface area (Å²) in [6, 6.07) is 7.30. The maximum atomic E-state index is 12.8. The number of hydrogen-bond acceptors (Lipinski definition) is 6. The smallest absolute Gasteiger partial charge is 0.324 e. The fourth-order valence-corrected chi connectivity index (χ4v) is 3.95. The van der Waals surface area contributed by atoms with Crippen LogP contribution in [-0.2, 0) is 24.3 Å². The van der Waals surface area contributed by atoms with Gasteiger partial charge in [0.05, 0.1) is 11.4 Å². The van der Waals surface area contributed by atoms with E-state index in [0.717, 1.165) is 20.8 Å². The van der Waals surface area contributed by atoms with Crippen LogP contribution in [0.1, 0.15) is 26.6 Å². The van der Waals surface area contributed by atoms with Gasteiger partial charge in [0.25, 0.3) is 5.56 Å². The zero-order valence-electron chi connectivity index (χ0n) is 17.3. The Labute approximate surface area is 185 Å². The third kappa shape index (κ3) is 4.34. The molecule has 0 saturated heterocycles. The minimum Gasteiger partial charge on any atom is -0.324 e. The number of amides is 1. The summed E-state index contributed by atoms with van der Waals surface area (Å²) in [7, 11) is 2.98. The van der Waals surface area contributed by atoms with Crippen molar-refractivity contribution < 1.29 is 4.79 Å². The lowest BCUT2D eigenvalue weighted by atomic mass is 9.96. The van der Waals surface area contributed by atoms with Crippen LogP contribution in [0.25, 0.3) is 11.0 Å². The molecule has 1 amide bonds. The van der Waals surface area contributed by atoms with Crippen molar-refractivity contribution in [3.05, 3.63) is 55.4 Å². The second-order valence-corrected chi connectivity index (χ2v) is 9.64. The standard InChI is InChI=1S/C20H22BrN5O3S/c1-20(2,3)18-23-15-14(17(28)26(5)19(29)25(15)4)16(24-18)30-10-13(27)22-12-9-7-6-8-11(12)21/h6-9H,10H2,1-5H3,(H,22,27). The number of nitrogens with zero attached hydrogens (tertiary/aromatic N) is 4. The van der Waals surface area contributed by atoms with Crippen molar-refractivity contribution >= 4 is 50.3 Å². The fraction of sp³-hybridized carbons (Fsp3) is 0.350. The minimum atomic E-state index is -0.484. The van der Waals surface area contributed by atoms with Gasteiger partial charge in [-0.15, -0.1) is 0 Å². The average molecular weight is 492 g/mol. The van der Waals surface area contributed by atoms with Crippen LogP contribution in [0.4, 0.5) is 5.69 Å². The number of aromatic nitrogens is 4. The summed E-state index contributed by atoms with van der Waals surface area (Å²) < 4.78 is 3.13. The van der Waals surface area contributed by atoms with Crippen LogP contribution in [-0.4, -0.2) is 30.8 Å². The predicted molar refractivity (Wildman–Crippen MR) is 122 cm³/mol. The van der Waals surface area contributed by atoms with Gasteiger partial charge in [-0.1, -0.05) is 44.7 Å². The first-order valence-corrected chi connectivity index (χ1v) is 10.9. The Morgan fingerprint density at radius 2 is 1.80 bits per heavy atom. The highest BCUT2D eigenvalue weighted by Crippen LogP contribution is 2.27. The summed E-state index contributed by atoms with van der Waals surface area (Å²) in [4.78, 5) is 46.7. The third-order valence-corrected chi connectivity index (χ3v) is 6.09. The Morgan fingerprint density at radius 1 is 1.13 bits per heavy atom. The number of fused-ring (bicyclic) bond motifs is 1. The maximum absolute atomic E-state index is 12.8. The molecule has 0 fully saturated rings. The number of anilines is 1. The summed E-state index contributed by atoms with van der Waals surface area (Å²) in [5.74, 6) is 0.299. The number of benzene rings is 1. The van der Waals surface area contributed by atoms with Gasteiger partial charge in [0.2, 0.25) is 5.91 Å². The van der Waals surface area contributed by atoms with E-state index in [2.05, 4.69) is 31.2 Å². The quantitative estimate of drug-likeness (QED) is 0.444. The van der Waals surface area contributed by atoms with E-state index in [-0.39, 0.29) is 22.7 Å². The van der Waals surface area contributed by atoms with Crippen molar-refractivity contribution in [2.45, 2.75) is 31.2 Å². The summed E-state index contributed by atoms with van der Waals surface area (Å²) in [5.41, 5.74) is -0.436. The number of para-hydroxylation sites is 1. The zero-order chi connectivity index (χ0) is 22.2. The minimum absolute atomic E-state index is 0.0447. The Balaban J connectivity index is 2.04. The summed E-state index contributed by atoms with van der Waals surface area (Å²) in [6.45, 7) is 5.84. The Morgan fingerprint density at radius 3 is 2.43 bits per heavy atom. The number of carbonyl (C=O) groups excluding carboxylic acids is 1. The van der Waals surface area contributed by atoms with Gasteiger partial charge in [0, 0.05) is 24.0 Å². The molecule has 0 bridgehead atoms. The van der Waals surface area contributed by atoms with Gasteiger partial charge in [-0.2, -0.15) is 0 Å². The van der Waals surface area contributed by atoms with E-state index in [9.17, 15) is 14.4 Å². The van der Waals surface area contributed by atoms with E-state index in [0.29, 0.717) is 16.5 Å². The second kappa shape index (κ2) is 8.35. The molecule has 3 aromatic rings. The molecule has 158 valence electrons. The second-order valence-electron chi connectivity index (χ2n) is 7.82. The van der Waals surface area contributed by atoms with Gasteiger partial charge in [0.1, 0.15) is 16.2 Å². The summed E-state index contributed by atoms with van der Waals surface area (Å²) in [6.07, 6.45) is 0. The van der Waals surface area contributed by atoms with Crippen LogP contribution in [0.15, 0.2) is 43.4 Å². The SMILES string of the molecule is Cn1c(=O)c2c(SCC(=O)Nc3ccccc3Br)nc(C(C)(C)C)nc2n(C)c1=O. The van der Waals surface area contributed by atoms with Crippen LogP contribution < -0.4 is 16.6 Å². The van der Waals surface area contributed by atoms with Gasteiger partial charge in [0.15, 0.2) is 5.65 Å². The molecular formula is C20H22BrN5O3S. The normalized spacial score (nSPS) is 11.7. The van der Waals surface area contributed by atoms with Gasteiger partial charge in [-0.25, -0.2) is 14.8 Å². The molecule has 3 rings (SSSR count). The lowest BCUT2D eigenvalue weighted by Gasteiger charge is -2.19. The molecule has 8 nitrogen and oxygen atoms in total. The lowest BCUT2D eigenvalue weighted by molar-refractivity contribution is -0.113. The molecule has 2 heterocycles. The van der Waals surface area contributed by atoms with Gasteiger partial charge >= 0.3 is 5.69 Å². The molecule has 0 radical (unpaired) electrons. The molecule has 10 heteroatoms. The fourth-order valence-electron chi connectivity index (χ4n) is 2.75. The topological polar surface area (TPSA) is 98.9 Å². The monoisotopic (exact) mass is 491 g/mol. The van der Waals surface area contributed by atoms with Crippen molar-refractivity contribution in [3.8, 4) is 0 Å². The first-order valence-electron chi connectivity index (χ1n) is 9.16. The van der Waals surface area contributed by atoms with Crippen LogP contribution in [0, 0.1) is 0 Å². The molecule has 0 unspecified atom stereocenters. The molecule has 0 aliphatic rings. The molecule has 1 N–H and O–H groups in total. The molecule has 30 heavy (non-hydrogen) atoms. The molecule has 0 aliphatic heterocycles. The van der Waals surface area contributed by atoms with Crippen LogP contribution in [0.5, 0.6) is 0 Å². The van der Waals surface area contributed by atoms with E-state index in [4.69, 9.17) is 0 Å². The Kier molecular flexibility index (Phi) is 6.19. The van der Waals surface area contributed by atoms with Crippen molar-refractivity contribution in [1.29, 1.82) is 0 Å². The van der Waals surface area contributed by atoms with Crippen molar-refractivity contribution in [1.82, 2.24) is 19.1 Å². The molecule has 0 saturated carbocycles. The highest BCUT2D eigenvalue weighted by molar-refractivity contribution is 9.10. The zero-order valence-corrected chi connectivity index (χ0v) is 19.7. The molecule has 0 aliphatic carbocycles. The van der Waals surface area contributed by atoms with Gasteiger partial charge in [-0.05, 0) is 28.1 Å². The molecule has 0 spiro atoms. The van der Waals surface area contributed by atoms with Gasteiger partial charge in [-0.3, -0.25) is 18.7 Å². The third-order valence-electron chi connectivity index (χ3n) is 4.43. The van der Waals surface area contributed by atoms with Crippen LogP contribution in [0.2, 0.25) is 0 Å². The lowest BCUT2D eigenvalue weighted by Crippen LogP contribution is -2.38. The van der Waals surface area contributed by atoms with Gasteiger partial charge < -0.3 is 5.32 Å². The average Bonchev–Trinajstić information content (AvgIpc) is 2.69. The van der Waals surface area contributed by atoms with Crippen molar-refractivity contribution in [2.24, 2.45) is 14.1 Å². The summed E-state index contributed by atoms with van der Waals surface area (Å²) in [5, 5.41) is 3.44. The molecule has 1 aromatic carbocycles. The summed E-state index contributed by atoms with van der Waals surface area (Å²) >= 11 is 4.54. The van der Waals surface area contributed by atoms with Crippen molar-refractivity contribution in [3.63, 3.8) is 0 Å². The van der Waals surface area contributed by atoms with Crippen LogP contribution >= 0.6 is 27.7 Å².